The molecule has 138 valence electrons. The van der Waals surface area contributed by atoms with Crippen LogP contribution in [0.5, 0.6) is 5.75 Å². The van der Waals surface area contributed by atoms with Gasteiger partial charge in [-0.25, -0.2) is 9.97 Å². The Bertz CT molecular complexity index is 1080. The fourth-order valence-corrected chi connectivity index (χ4v) is 2.86. The van der Waals surface area contributed by atoms with Gasteiger partial charge in [0.1, 0.15) is 12.0 Å². The monoisotopic (exact) mass is 373 g/mol. The van der Waals surface area contributed by atoms with Crippen LogP contribution in [0.2, 0.25) is 0 Å². The van der Waals surface area contributed by atoms with Crippen molar-refractivity contribution in [3.63, 3.8) is 0 Å². The van der Waals surface area contributed by atoms with Crippen molar-refractivity contribution < 1.29 is 22.3 Å². The molecule has 0 saturated carbocycles. The van der Waals surface area contributed by atoms with Crippen LogP contribution in [0.25, 0.3) is 22.5 Å². The Morgan fingerprint density at radius 2 is 1.78 bits per heavy atom. The fraction of sp³-hybridized carbons (Fsp3) is 0.158. The molecule has 0 aliphatic rings. The molecule has 0 aliphatic heterocycles. The number of oxazole rings is 1. The van der Waals surface area contributed by atoms with E-state index >= 15 is 0 Å². The number of nitrogens with zero attached hydrogens (tertiary/aromatic N) is 3. The molecule has 0 unspecified atom stereocenters. The van der Waals surface area contributed by atoms with Crippen molar-refractivity contribution in [1.82, 2.24) is 14.5 Å². The molecule has 0 fully saturated rings. The molecule has 0 bridgehead atoms. The van der Waals surface area contributed by atoms with E-state index < -0.39 is 12.0 Å². The first-order valence-corrected chi connectivity index (χ1v) is 8.07. The number of rotatable bonds is 4. The molecule has 5 nitrogen and oxygen atoms in total. The van der Waals surface area contributed by atoms with E-state index in [1.165, 1.54) is 6.26 Å². The summed E-state index contributed by atoms with van der Waals surface area (Å²) < 4.78 is 51.8. The highest BCUT2D eigenvalue weighted by molar-refractivity contribution is 5.76. The second-order valence-corrected chi connectivity index (χ2v) is 5.88. The van der Waals surface area contributed by atoms with E-state index in [0.717, 1.165) is 4.57 Å². The van der Waals surface area contributed by atoms with Gasteiger partial charge in [0.15, 0.2) is 0 Å². The molecule has 0 spiro atoms. The zero-order valence-corrected chi connectivity index (χ0v) is 14.2. The molecular formula is C19H14F3N3O2. The minimum absolute atomic E-state index is 0.102. The smallest absolute Gasteiger partial charge is 0.449 e. The predicted molar refractivity (Wildman–Crippen MR) is 92.3 cm³/mol. The van der Waals surface area contributed by atoms with Crippen LogP contribution in [0.15, 0.2) is 59.2 Å². The van der Waals surface area contributed by atoms with Crippen molar-refractivity contribution >= 4 is 11.0 Å². The van der Waals surface area contributed by atoms with Crippen LogP contribution in [0.4, 0.5) is 13.2 Å². The molecular weight excluding hydrogens is 359 g/mol. The van der Waals surface area contributed by atoms with Crippen LogP contribution < -0.4 is 4.74 Å². The SMILES string of the molecule is COc1ccc(-c2nc(Cn3c(C(F)(F)F)nc4ccccc43)co2)cc1. The van der Waals surface area contributed by atoms with Gasteiger partial charge < -0.3 is 13.7 Å². The van der Waals surface area contributed by atoms with E-state index in [2.05, 4.69) is 9.97 Å². The summed E-state index contributed by atoms with van der Waals surface area (Å²) in [5.74, 6) is 0.0496. The molecule has 4 aromatic rings. The molecule has 4 rings (SSSR count). The molecule has 8 heteroatoms. The number of ether oxygens (including phenoxy) is 1. The molecule has 0 radical (unpaired) electrons. The number of hydrogen-bond donors (Lipinski definition) is 0. The van der Waals surface area contributed by atoms with Crippen LogP contribution in [0.3, 0.4) is 0 Å². The summed E-state index contributed by atoms with van der Waals surface area (Å²) in [6.45, 7) is -0.102. The van der Waals surface area contributed by atoms with Gasteiger partial charge in [0.05, 0.1) is 30.4 Å². The van der Waals surface area contributed by atoms with Crippen molar-refractivity contribution in [1.29, 1.82) is 0 Å². The highest BCUT2D eigenvalue weighted by atomic mass is 19.4. The van der Waals surface area contributed by atoms with Crippen LogP contribution in [0.1, 0.15) is 11.5 Å². The third-order valence-electron chi connectivity index (χ3n) is 4.12. The standard InChI is InChI=1S/C19H14F3N3O2/c1-26-14-8-6-12(7-9-14)17-23-13(11-27-17)10-25-16-5-3-2-4-15(16)24-18(25)19(20,21)22/h2-9,11H,10H2,1H3. The zero-order valence-electron chi connectivity index (χ0n) is 14.2. The van der Waals surface area contributed by atoms with Crippen LogP contribution >= 0.6 is 0 Å². The normalized spacial score (nSPS) is 11.9. The Kier molecular flexibility index (Phi) is 4.10. The lowest BCUT2D eigenvalue weighted by atomic mass is 10.2. The highest BCUT2D eigenvalue weighted by Gasteiger charge is 2.37. The minimum Gasteiger partial charge on any atom is -0.497 e. The first-order chi connectivity index (χ1) is 13.0. The number of alkyl halides is 3. The molecule has 0 atom stereocenters. The Morgan fingerprint density at radius 3 is 2.48 bits per heavy atom. The Labute approximate surface area is 152 Å². The Balaban J connectivity index is 1.69. The number of hydrogen-bond acceptors (Lipinski definition) is 4. The van der Waals surface area contributed by atoms with Crippen molar-refractivity contribution in [2.45, 2.75) is 12.7 Å². The zero-order chi connectivity index (χ0) is 19.0. The molecule has 27 heavy (non-hydrogen) atoms. The second kappa shape index (κ2) is 6.46. The third-order valence-corrected chi connectivity index (χ3v) is 4.12. The highest BCUT2D eigenvalue weighted by Crippen LogP contribution is 2.32. The number of fused-ring (bicyclic) bond motifs is 1. The lowest BCUT2D eigenvalue weighted by Gasteiger charge is -2.09. The topological polar surface area (TPSA) is 53.1 Å². The molecule has 0 amide bonds. The van der Waals surface area contributed by atoms with E-state index in [1.54, 1.807) is 55.6 Å². The Hall–Kier alpha value is -3.29. The summed E-state index contributed by atoms with van der Waals surface area (Å²) in [5.41, 5.74) is 1.74. The summed E-state index contributed by atoms with van der Waals surface area (Å²) in [5, 5.41) is 0. The second-order valence-electron chi connectivity index (χ2n) is 5.88. The van der Waals surface area contributed by atoms with Gasteiger partial charge in [0.25, 0.3) is 0 Å². The lowest BCUT2D eigenvalue weighted by molar-refractivity contribution is -0.146. The van der Waals surface area contributed by atoms with E-state index in [4.69, 9.17) is 9.15 Å². The molecule has 0 saturated heterocycles. The summed E-state index contributed by atoms with van der Waals surface area (Å²) in [6, 6.07) is 13.5. The quantitative estimate of drug-likeness (QED) is 0.517. The molecule has 2 heterocycles. The van der Waals surface area contributed by atoms with Gasteiger partial charge in [-0.3, -0.25) is 0 Å². The maximum Gasteiger partial charge on any atom is 0.449 e. The number of halogens is 3. The predicted octanol–water partition coefficient (Wildman–Crippen LogP) is 4.77. The van der Waals surface area contributed by atoms with Gasteiger partial charge in [0.2, 0.25) is 11.7 Å². The fourth-order valence-electron chi connectivity index (χ4n) is 2.86. The molecule has 2 aromatic carbocycles. The summed E-state index contributed by atoms with van der Waals surface area (Å²) in [6.07, 6.45) is -3.21. The number of para-hydroxylation sites is 2. The minimum atomic E-state index is -4.57. The molecule has 2 aromatic heterocycles. The van der Waals surface area contributed by atoms with Gasteiger partial charge in [-0.1, -0.05) is 12.1 Å². The van der Waals surface area contributed by atoms with Crippen molar-refractivity contribution in [2.75, 3.05) is 7.11 Å². The lowest BCUT2D eigenvalue weighted by Crippen LogP contribution is -2.15. The van der Waals surface area contributed by atoms with Crippen molar-refractivity contribution in [3.05, 3.63) is 66.3 Å². The van der Waals surface area contributed by atoms with Gasteiger partial charge in [-0.15, -0.1) is 0 Å². The summed E-state index contributed by atoms with van der Waals surface area (Å²) in [4.78, 5) is 8.05. The third kappa shape index (κ3) is 3.25. The van der Waals surface area contributed by atoms with Gasteiger partial charge in [0, 0.05) is 5.56 Å². The van der Waals surface area contributed by atoms with E-state index in [-0.39, 0.29) is 12.1 Å². The number of benzene rings is 2. The molecule has 0 N–H and O–H groups in total. The largest absolute Gasteiger partial charge is 0.497 e. The van der Waals surface area contributed by atoms with Crippen LogP contribution in [0, 0.1) is 0 Å². The van der Waals surface area contributed by atoms with Crippen molar-refractivity contribution in [2.24, 2.45) is 0 Å². The first-order valence-electron chi connectivity index (χ1n) is 8.07. The van der Waals surface area contributed by atoms with Gasteiger partial charge in [-0.2, -0.15) is 13.2 Å². The van der Waals surface area contributed by atoms with E-state index in [9.17, 15) is 13.2 Å². The average molecular weight is 373 g/mol. The average Bonchev–Trinajstić information content (AvgIpc) is 3.27. The van der Waals surface area contributed by atoms with Gasteiger partial charge >= 0.3 is 6.18 Å². The summed E-state index contributed by atoms with van der Waals surface area (Å²) in [7, 11) is 1.56. The number of imidazole rings is 1. The van der Waals surface area contributed by atoms with Crippen molar-refractivity contribution in [3.8, 4) is 17.2 Å². The Morgan fingerprint density at radius 1 is 1.04 bits per heavy atom. The maximum absolute atomic E-state index is 13.4. The van der Waals surface area contributed by atoms with Crippen LogP contribution in [-0.2, 0) is 12.7 Å². The number of aromatic nitrogens is 3. The van der Waals surface area contributed by atoms with E-state index in [1.807, 2.05) is 0 Å². The maximum atomic E-state index is 13.4. The first kappa shape index (κ1) is 17.1. The van der Waals surface area contributed by atoms with Gasteiger partial charge in [-0.05, 0) is 36.4 Å². The van der Waals surface area contributed by atoms with Crippen LogP contribution in [-0.4, -0.2) is 21.6 Å². The number of methoxy groups -OCH3 is 1. The summed E-state index contributed by atoms with van der Waals surface area (Å²) >= 11 is 0. The van der Waals surface area contributed by atoms with E-state index in [0.29, 0.717) is 28.4 Å². The molecule has 0 aliphatic carbocycles.